The van der Waals surface area contributed by atoms with Crippen LogP contribution in [0.2, 0.25) is 0 Å². The number of ether oxygens (including phenoxy) is 1. The summed E-state index contributed by atoms with van der Waals surface area (Å²) in [6.45, 7) is 2.68. The van der Waals surface area contributed by atoms with Gasteiger partial charge in [-0.25, -0.2) is 4.79 Å². The van der Waals surface area contributed by atoms with Crippen LogP contribution in [0.5, 0.6) is 5.75 Å². The van der Waals surface area contributed by atoms with Crippen molar-refractivity contribution in [3.05, 3.63) is 47.5 Å². The standard InChI is InChI=1S/C19H19F3N2O2S/c1-3-26-14-6-4-5-13(10-14)23-18(25)24-8-7-12-9-17(27-2)15(11-16(12)24)19(20,21)22/h4-6,9-11H,3,7-8H2,1-2H3,(H,23,25). The molecule has 2 amide bonds. The van der Waals surface area contributed by atoms with Gasteiger partial charge in [0.25, 0.3) is 0 Å². The number of halogens is 3. The summed E-state index contributed by atoms with van der Waals surface area (Å²) in [5.41, 5.74) is 0.854. The number of hydrogen-bond donors (Lipinski definition) is 1. The van der Waals surface area contributed by atoms with E-state index in [1.165, 1.54) is 11.0 Å². The number of nitrogens with zero attached hydrogens (tertiary/aromatic N) is 1. The molecule has 1 aliphatic rings. The minimum atomic E-state index is -4.47. The van der Waals surface area contributed by atoms with Gasteiger partial charge < -0.3 is 10.1 Å². The van der Waals surface area contributed by atoms with Crippen LogP contribution in [0.25, 0.3) is 0 Å². The van der Waals surface area contributed by atoms with E-state index in [1.54, 1.807) is 30.5 Å². The number of alkyl halides is 3. The summed E-state index contributed by atoms with van der Waals surface area (Å²) in [5, 5.41) is 2.73. The van der Waals surface area contributed by atoms with E-state index in [1.807, 2.05) is 6.92 Å². The molecule has 0 radical (unpaired) electrons. The lowest BCUT2D eigenvalue weighted by molar-refractivity contribution is -0.139. The molecule has 2 aromatic rings. The molecule has 0 saturated heterocycles. The maximum atomic E-state index is 13.3. The average Bonchev–Trinajstić information content (AvgIpc) is 3.03. The quantitative estimate of drug-likeness (QED) is 0.702. The summed E-state index contributed by atoms with van der Waals surface area (Å²) in [4.78, 5) is 14.2. The first-order chi connectivity index (χ1) is 12.8. The van der Waals surface area contributed by atoms with Crippen molar-refractivity contribution in [3.8, 4) is 5.75 Å². The topological polar surface area (TPSA) is 41.6 Å². The van der Waals surface area contributed by atoms with E-state index in [0.29, 0.717) is 36.7 Å². The van der Waals surface area contributed by atoms with Gasteiger partial charge in [0.05, 0.1) is 12.2 Å². The number of nitrogens with one attached hydrogen (secondary N) is 1. The van der Waals surface area contributed by atoms with Gasteiger partial charge in [-0.2, -0.15) is 13.2 Å². The SMILES string of the molecule is CCOc1cccc(NC(=O)N2CCc3cc(SC)c(C(F)(F)F)cc32)c1. The van der Waals surface area contributed by atoms with Crippen LogP contribution in [0, 0.1) is 0 Å². The monoisotopic (exact) mass is 396 g/mol. The number of rotatable bonds is 4. The van der Waals surface area contributed by atoms with Gasteiger partial charge in [-0.15, -0.1) is 11.8 Å². The van der Waals surface area contributed by atoms with Crippen molar-refractivity contribution in [2.45, 2.75) is 24.4 Å². The number of benzene rings is 2. The number of amides is 2. The predicted molar refractivity (Wildman–Crippen MR) is 101 cm³/mol. The highest BCUT2D eigenvalue weighted by molar-refractivity contribution is 7.98. The zero-order valence-corrected chi connectivity index (χ0v) is 15.7. The second-order valence-corrected chi connectivity index (χ2v) is 6.82. The van der Waals surface area contributed by atoms with Crippen LogP contribution < -0.4 is 15.0 Å². The first-order valence-electron chi connectivity index (χ1n) is 8.43. The molecule has 1 aliphatic heterocycles. The summed E-state index contributed by atoms with van der Waals surface area (Å²) >= 11 is 1.05. The molecule has 1 N–H and O–H groups in total. The molecule has 0 aromatic heterocycles. The number of carbonyl (C=O) groups excluding carboxylic acids is 1. The Morgan fingerprint density at radius 3 is 2.74 bits per heavy atom. The van der Waals surface area contributed by atoms with Gasteiger partial charge in [0.1, 0.15) is 5.75 Å². The highest BCUT2D eigenvalue weighted by atomic mass is 32.2. The summed E-state index contributed by atoms with van der Waals surface area (Å²) in [6.07, 6.45) is -2.33. The first kappa shape index (κ1) is 19.4. The summed E-state index contributed by atoms with van der Waals surface area (Å²) < 4.78 is 45.4. The van der Waals surface area contributed by atoms with Gasteiger partial charge >= 0.3 is 12.2 Å². The molecule has 0 saturated carbocycles. The third-order valence-corrected chi connectivity index (χ3v) is 5.02. The van der Waals surface area contributed by atoms with Crippen LogP contribution in [0.3, 0.4) is 0 Å². The van der Waals surface area contributed by atoms with Gasteiger partial charge in [-0.3, -0.25) is 4.90 Å². The molecule has 0 fully saturated rings. The van der Waals surface area contributed by atoms with Gasteiger partial charge in [-0.05, 0) is 49.4 Å². The molecule has 3 rings (SSSR count). The van der Waals surface area contributed by atoms with E-state index >= 15 is 0 Å². The fourth-order valence-corrected chi connectivity index (χ4v) is 3.69. The molecule has 0 unspecified atom stereocenters. The van der Waals surface area contributed by atoms with Crippen molar-refractivity contribution in [2.24, 2.45) is 0 Å². The highest BCUT2D eigenvalue weighted by Crippen LogP contribution is 2.42. The molecule has 1 heterocycles. The van der Waals surface area contributed by atoms with Crippen molar-refractivity contribution in [1.29, 1.82) is 0 Å². The second-order valence-electron chi connectivity index (χ2n) is 5.97. The Labute approximate surface area is 159 Å². The Hall–Kier alpha value is -2.35. The molecule has 27 heavy (non-hydrogen) atoms. The van der Waals surface area contributed by atoms with Crippen molar-refractivity contribution >= 4 is 29.2 Å². The van der Waals surface area contributed by atoms with E-state index in [2.05, 4.69) is 5.32 Å². The molecule has 0 aliphatic carbocycles. The lowest BCUT2D eigenvalue weighted by atomic mass is 10.1. The van der Waals surface area contributed by atoms with Gasteiger partial charge in [-0.1, -0.05) is 6.07 Å². The first-order valence-corrected chi connectivity index (χ1v) is 9.65. The third kappa shape index (κ3) is 4.16. The average molecular weight is 396 g/mol. The van der Waals surface area contributed by atoms with Crippen molar-refractivity contribution in [3.63, 3.8) is 0 Å². The highest BCUT2D eigenvalue weighted by Gasteiger charge is 2.36. The molecule has 8 heteroatoms. The zero-order valence-electron chi connectivity index (χ0n) is 14.9. The molecular formula is C19H19F3N2O2S. The Morgan fingerprint density at radius 2 is 2.07 bits per heavy atom. The minimum Gasteiger partial charge on any atom is -0.494 e. The fourth-order valence-electron chi connectivity index (χ4n) is 3.04. The van der Waals surface area contributed by atoms with E-state index in [9.17, 15) is 18.0 Å². The van der Waals surface area contributed by atoms with Gasteiger partial charge in [0, 0.05) is 28.9 Å². The molecule has 144 valence electrons. The van der Waals surface area contributed by atoms with Crippen molar-refractivity contribution in [2.75, 3.05) is 29.6 Å². The maximum absolute atomic E-state index is 13.3. The number of fused-ring (bicyclic) bond motifs is 1. The third-order valence-electron chi connectivity index (χ3n) is 4.24. The Kier molecular flexibility index (Phi) is 5.55. The van der Waals surface area contributed by atoms with Crippen LogP contribution in [-0.2, 0) is 12.6 Å². The number of hydrogen-bond acceptors (Lipinski definition) is 3. The lowest BCUT2D eigenvalue weighted by Crippen LogP contribution is -2.33. The predicted octanol–water partition coefficient (Wildman–Crippen LogP) is 5.42. The van der Waals surface area contributed by atoms with E-state index < -0.39 is 17.8 Å². The van der Waals surface area contributed by atoms with E-state index in [-0.39, 0.29) is 4.90 Å². The van der Waals surface area contributed by atoms with Crippen LogP contribution in [-0.4, -0.2) is 25.4 Å². The largest absolute Gasteiger partial charge is 0.494 e. The number of anilines is 2. The number of carbonyl (C=O) groups is 1. The molecule has 0 spiro atoms. The van der Waals surface area contributed by atoms with Gasteiger partial charge in [0.15, 0.2) is 0 Å². The van der Waals surface area contributed by atoms with Crippen LogP contribution >= 0.6 is 11.8 Å². The Balaban J connectivity index is 1.86. The number of urea groups is 1. The lowest BCUT2D eigenvalue weighted by Gasteiger charge is -2.20. The van der Waals surface area contributed by atoms with Crippen LogP contribution in [0.15, 0.2) is 41.3 Å². The summed E-state index contributed by atoms with van der Waals surface area (Å²) in [7, 11) is 0. The maximum Gasteiger partial charge on any atom is 0.417 e. The van der Waals surface area contributed by atoms with Crippen molar-refractivity contribution in [1.82, 2.24) is 0 Å². The molecule has 2 aromatic carbocycles. The molecule has 0 atom stereocenters. The number of thioether (sulfide) groups is 1. The molecule has 4 nitrogen and oxygen atoms in total. The molecular weight excluding hydrogens is 377 g/mol. The molecule has 0 bridgehead atoms. The fraction of sp³-hybridized carbons (Fsp3) is 0.316. The zero-order chi connectivity index (χ0) is 19.6. The van der Waals surface area contributed by atoms with Crippen LogP contribution in [0.4, 0.5) is 29.3 Å². The minimum absolute atomic E-state index is 0.174. The smallest absolute Gasteiger partial charge is 0.417 e. The normalized spacial score (nSPS) is 13.4. The Bertz CT molecular complexity index is 855. The van der Waals surface area contributed by atoms with E-state index in [4.69, 9.17) is 4.74 Å². The Morgan fingerprint density at radius 1 is 1.30 bits per heavy atom. The van der Waals surface area contributed by atoms with E-state index in [0.717, 1.165) is 23.4 Å². The van der Waals surface area contributed by atoms with Crippen LogP contribution in [0.1, 0.15) is 18.1 Å². The second kappa shape index (κ2) is 7.72. The summed E-state index contributed by atoms with van der Waals surface area (Å²) in [5.74, 6) is 0.612. The summed E-state index contributed by atoms with van der Waals surface area (Å²) in [6, 6.07) is 9.03. The van der Waals surface area contributed by atoms with Crippen molar-refractivity contribution < 1.29 is 22.7 Å². The van der Waals surface area contributed by atoms with Gasteiger partial charge in [0.2, 0.25) is 0 Å².